The quantitative estimate of drug-likeness (QED) is 0.835. The second-order valence-electron chi connectivity index (χ2n) is 7.03. The molecule has 5 nitrogen and oxygen atoms in total. The van der Waals surface area contributed by atoms with Crippen molar-refractivity contribution < 1.29 is 13.2 Å². The molecule has 0 aromatic heterocycles. The van der Waals surface area contributed by atoms with Gasteiger partial charge in [0.05, 0.1) is 11.5 Å². The minimum absolute atomic E-state index is 0.168. The molecule has 0 aliphatic heterocycles. The van der Waals surface area contributed by atoms with Crippen LogP contribution in [0.3, 0.4) is 0 Å². The highest BCUT2D eigenvalue weighted by molar-refractivity contribution is 7.89. The number of hydrogen-bond acceptors (Lipinski definition) is 4. The van der Waals surface area contributed by atoms with Crippen LogP contribution in [0.1, 0.15) is 47.0 Å². The van der Waals surface area contributed by atoms with Crippen molar-refractivity contribution in [1.29, 1.82) is 0 Å². The van der Waals surface area contributed by atoms with Gasteiger partial charge in [0, 0.05) is 5.71 Å². The first-order valence-corrected chi connectivity index (χ1v) is 9.50. The molecule has 1 saturated carbocycles. The Hall–Kier alpha value is -1.56. The number of sulfonamides is 1. The van der Waals surface area contributed by atoms with E-state index in [0.717, 1.165) is 25.0 Å². The normalized spacial score (nSPS) is 22.8. The van der Waals surface area contributed by atoms with E-state index >= 15 is 0 Å². The highest BCUT2D eigenvalue weighted by Crippen LogP contribution is 2.36. The highest BCUT2D eigenvalue weighted by atomic mass is 32.2. The van der Waals surface area contributed by atoms with Crippen molar-refractivity contribution in [3.8, 4) is 5.75 Å². The van der Waals surface area contributed by atoms with Crippen molar-refractivity contribution in [1.82, 2.24) is 4.83 Å². The van der Waals surface area contributed by atoms with Crippen LogP contribution in [-0.4, -0.2) is 20.7 Å². The van der Waals surface area contributed by atoms with E-state index in [0.29, 0.717) is 18.3 Å². The summed E-state index contributed by atoms with van der Waals surface area (Å²) >= 11 is 0. The zero-order chi connectivity index (χ0) is 17.1. The van der Waals surface area contributed by atoms with Crippen LogP contribution in [0.2, 0.25) is 0 Å². The summed E-state index contributed by atoms with van der Waals surface area (Å²) in [6.45, 7) is 9.00. The summed E-state index contributed by atoms with van der Waals surface area (Å²) in [5, 5.41) is 4.18. The Morgan fingerprint density at radius 2 is 1.96 bits per heavy atom. The fourth-order valence-corrected chi connectivity index (χ4v) is 4.11. The molecule has 0 bridgehead atoms. The molecular weight excluding hydrogens is 312 g/mol. The van der Waals surface area contributed by atoms with Crippen molar-refractivity contribution in [2.24, 2.45) is 16.4 Å². The van der Waals surface area contributed by atoms with Gasteiger partial charge >= 0.3 is 0 Å². The molecule has 2 rings (SSSR count). The molecule has 0 saturated heterocycles. The lowest BCUT2D eigenvalue weighted by Gasteiger charge is -2.34. The van der Waals surface area contributed by atoms with E-state index in [4.69, 9.17) is 4.74 Å². The predicted octanol–water partition coefficient (Wildman–Crippen LogP) is 3.57. The second-order valence-corrected chi connectivity index (χ2v) is 8.69. The van der Waals surface area contributed by atoms with E-state index < -0.39 is 10.0 Å². The summed E-state index contributed by atoms with van der Waals surface area (Å²) in [5.41, 5.74) is 1.09. The number of ether oxygens (including phenoxy) is 1. The Bertz CT molecular complexity index is 664. The summed E-state index contributed by atoms with van der Waals surface area (Å²) in [6, 6.07) is 6.36. The van der Waals surface area contributed by atoms with Gasteiger partial charge in [-0.3, -0.25) is 0 Å². The molecule has 1 aromatic rings. The molecule has 23 heavy (non-hydrogen) atoms. The topological polar surface area (TPSA) is 67.8 Å². The number of hydrogen-bond donors (Lipinski definition) is 1. The maximum atomic E-state index is 12.3. The molecule has 0 radical (unpaired) electrons. The Kier molecular flexibility index (Phi) is 5.34. The number of rotatable bonds is 5. The lowest BCUT2D eigenvalue weighted by atomic mass is 9.72. The average molecular weight is 338 g/mol. The fraction of sp³-hybridized carbons (Fsp3) is 0.588. The fourth-order valence-electron chi connectivity index (χ4n) is 3.26. The number of nitrogens with one attached hydrogen (secondary N) is 1. The maximum Gasteiger partial charge on any atom is 0.276 e. The van der Waals surface area contributed by atoms with Crippen molar-refractivity contribution in [3.63, 3.8) is 0 Å². The zero-order valence-electron chi connectivity index (χ0n) is 14.3. The molecule has 1 aliphatic rings. The van der Waals surface area contributed by atoms with E-state index in [2.05, 4.69) is 30.7 Å². The SMILES string of the molecule is CCOc1ccc(S(=O)(=O)N/N=C2\C[C@H](C)CC(C)(C)C2)cc1. The largest absolute Gasteiger partial charge is 0.494 e. The van der Waals surface area contributed by atoms with E-state index in [9.17, 15) is 8.42 Å². The Morgan fingerprint density at radius 3 is 2.52 bits per heavy atom. The highest BCUT2D eigenvalue weighted by Gasteiger charge is 2.29. The summed E-state index contributed by atoms with van der Waals surface area (Å²) in [7, 11) is -3.64. The maximum absolute atomic E-state index is 12.3. The van der Waals surface area contributed by atoms with Gasteiger partial charge in [-0.15, -0.1) is 0 Å². The lowest BCUT2D eigenvalue weighted by molar-refractivity contribution is 0.265. The molecular formula is C17H26N2O3S. The van der Waals surface area contributed by atoms with Gasteiger partial charge in [-0.2, -0.15) is 13.5 Å². The van der Waals surface area contributed by atoms with Gasteiger partial charge in [0.15, 0.2) is 0 Å². The smallest absolute Gasteiger partial charge is 0.276 e. The molecule has 6 heteroatoms. The molecule has 0 unspecified atom stereocenters. The summed E-state index contributed by atoms with van der Waals surface area (Å²) in [6.07, 6.45) is 2.80. The molecule has 0 heterocycles. The van der Waals surface area contributed by atoms with Crippen LogP contribution in [0, 0.1) is 11.3 Å². The standard InChI is InChI=1S/C17H26N2O3S/c1-5-22-15-6-8-16(9-7-15)23(20,21)19-18-14-10-13(2)11-17(3,4)12-14/h6-9,13,19H,5,10-12H2,1-4H3/b18-14+/t13-/m0/s1. The predicted molar refractivity (Wildman–Crippen MR) is 92.2 cm³/mol. The van der Waals surface area contributed by atoms with Crippen LogP contribution in [0.15, 0.2) is 34.3 Å². The van der Waals surface area contributed by atoms with Gasteiger partial charge in [0.2, 0.25) is 0 Å². The molecule has 1 atom stereocenters. The molecule has 1 N–H and O–H groups in total. The second kappa shape index (κ2) is 6.91. The van der Waals surface area contributed by atoms with Crippen LogP contribution in [0.4, 0.5) is 0 Å². The molecule has 0 spiro atoms. The first-order chi connectivity index (χ1) is 10.7. The number of nitrogens with zero attached hydrogens (tertiary/aromatic N) is 1. The lowest BCUT2D eigenvalue weighted by Crippen LogP contribution is -2.30. The molecule has 1 fully saturated rings. The van der Waals surface area contributed by atoms with E-state index in [-0.39, 0.29) is 10.3 Å². The molecule has 1 aliphatic carbocycles. The van der Waals surface area contributed by atoms with Crippen LogP contribution < -0.4 is 9.57 Å². The van der Waals surface area contributed by atoms with Crippen LogP contribution in [0.25, 0.3) is 0 Å². The van der Waals surface area contributed by atoms with Gasteiger partial charge in [-0.25, -0.2) is 4.83 Å². The van der Waals surface area contributed by atoms with Crippen LogP contribution in [0.5, 0.6) is 5.75 Å². The van der Waals surface area contributed by atoms with Crippen molar-refractivity contribution >= 4 is 15.7 Å². The van der Waals surface area contributed by atoms with E-state index in [1.807, 2.05) is 6.92 Å². The van der Waals surface area contributed by atoms with Gasteiger partial charge < -0.3 is 4.74 Å². The van der Waals surface area contributed by atoms with Crippen LogP contribution >= 0.6 is 0 Å². The third kappa shape index (κ3) is 4.96. The number of benzene rings is 1. The van der Waals surface area contributed by atoms with Crippen molar-refractivity contribution in [2.45, 2.75) is 51.9 Å². The molecule has 128 valence electrons. The van der Waals surface area contributed by atoms with Crippen molar-refractivity contribution in [2.75, 3.05) is 6.61 Å². The monoisotopic (exact) mass is 338 g/mol. The van der Waals surface area contributed by atoms with Gasteiger partial charge in [-0.05, 0) is 61.8 Å². The Labute approximate surface area is 139 Å². The summed E-state index contributed by atoms with van der Waals surface area (Å²) in [4.78, 5) is 2.56. The zero-order valence-corrected chi connectivity index (χ0v) is 15.1. The van der Waals surface area contributed by atoms with Crippen LogP contribution in [-0.2, 0) is 10.0 Å². The Morgan fingerprint density at radius 1 is 1.30 bits per heavy atom. The molecule has 1 aromatic carbocycles. The summed E-state index contributed by atoms with van der Waals surface area (Å²) in [5.74, 6) is 1.17. The average Bonchev–Trinajstić information content (AvgIpc) is 2.44. The molecule has 0 amide bonds. The van der Waals surface area contributed by atoms with E-state index in [1.54, 1.807) is 12.1 Å². The third-order valence-electron chi connectivity index (χ3n) is 3.94. The van der Waals surface area contributed by atoms with Gasteiger partial charge in [-0.1, -0.05) is 20.8 Å². The summed E-state index contributed by atoms with van der Waals surface area (Å²) < 4.78 is 30.0. The first-order valence-electron chi connectivity index (χ1n) is 8.02. The van der Waals surface area contributed by atoms with Crippen molar-refractivity contribution in [3.05, 3.63) is 24.3 Å². The van der Waals surface area contributed by atoms with Gasteiger partial charge in [0.1, 0.15) is 5.75 Å². The minimum Gasteiger partial charge on any atom is -0.494 e. The third-order valence-corrected chi connectivity index (χ3v) is 5.16. The first kappa shape index (κ1) is 17.8. The minimum atomic E-state index is -3.64. The Balaban J connectivity index is 2.10. The van der Waals surface area contributed by atoms with E-state index in [1.165, 1.54) is 12.1 Å². The number of hydrazone groups is 1. The van der Waals surface area contributed by atoms with Gasteiger partial charge in [0.25, 0.3) is 10.0 Å².